The molecule has 2 saturated carbocycles. The molecule has 0 heterocycles. The Hall–Kier alpha value is -0.850. The molecule has 0 aromatic heterocycles. The topological polar surface area (TPSA) is 50.4 Å². The molecule has 3 nitrogen and oxygen atoms in total. The molecule has 3 N–H and O–H groups in total. The Morgan fingerprint density at radius 1 is 1.30 bits per heavy atom. The Bertz CT molecular complexity index is 486. The van der Waals surface area contributed by atoms with Crippen LogP contribution in [-0.2, 0) is 0 Å². The van der Waals surface area contributed by atoms with Crippen LogP contribution in [0.2, 0.25) is 0 Å². The average molecular weight is 389 g/mol. The van der Waals surface area contributed by atoms with Crippen molar-refractivity contribution in [3.8, 4) is 0 Å². The third-order valence-corrected chi connectivity index (χ3v) is 4.05. The molecule has 110 valence electrons. The number of nitrogens with zero attached hydrogens (tertiary/aromatic N) is 1. The van der Waals surface area contributed by atoms with E-state index in [4.69, 9.17) is 5.73 Å². The standard InChI is InChI=1S/C15H20FN3.HI/c16-11-5-3-4-10(8-11)13-9-14(13)19-15(17)18-12-6-1-2-7-12;/h3-5,8,12-14H,1-2,6-7,9H2,(H3,17,18,19);1H. The molecule has 2 unspecified atom stereocenters. The van der Waals surface area contributed by atoms with Crippen molar-refractivity contribution in [1.82, 2.24) is 5.32 Å². The Kier molecular flexibility index (Phi) is 5.23. The molecule has 20 heavy (non-hydrogen) atoms. The maximum absolute atomic E-state index is 13.1. The van der Waals surface area contributed by atoms with E-state index >= 15 is 0 Å². The van der Waals surface area contributed by atoms with Gasteiger partial charge in [-0.25, -0.2) is 9.38 Å². The maximum Gasteiger partial charge on any atom is 0.189 e. The first kappa shape index (κ1) is 15.5. The summed E-state index contributed by atoms with van der Waals surface area (Å²) in [4.78, 5) is 4.50. The highest BCUT2D eigenvalue weighted by Crippen LogP contribution is 2.43. The lowest BCUT2D eigenvalue weighted by molar-refractivity contribution is 0.624. The maximum atomic E-state index is 13.1. The molecule has 0 spiro atoms. The highest BCUT2D eigenvalue weighted by Gasteiger charge is 2.38. The van der Waals surface area contributed by atoms with E-state index in [0.29, 0.717) is 17.9 Å². The van der Waals surface area contributed by atoms with E-state index < -0.39 is 0 Å². The zero-order valence-electron chi connectivity index (χ0n) is 11.4. The fourth-order valence-corrected chi connectivity index (χ4v) is 2.91. The minimum Gasteiger partial charge on any atom is -0.370 e. The molecule has 1 aromatic carbocycles. The molecule has 1 aromatic rings. The molecule has 0 saturated heterocycles. The fourth-order valence-electron chi connectivity index (χ4n) is 2.91. The number of halogens is 2. The number of benzene rings is 1. The number of guanidine groups is 1. The number of nitrogens with one attached hydrogen (secondary N) is 1. The van der Waals surface area contributed by atoms with Crippen molar-refractivity contribution in [3.05, 3.63) is 35.6 Å². The SMILES string of the molecule is I.NC(=NC1CC1c1cccc(F)c1)NC1CCCC1. The van der Waals surface area contributed by atoms with Gasteiger partial charge in [-0.1, -0.05) is 25.0 Å². The van der Waals surface area contributed by atoms with Crippen molar-refractivity contribution in [3.63, 3.8) is 0 Å². The molecular weight excluding hydrogens is 368 g/mol. The van der Waals surface area contributed by atoms with Crippen LogP contribution in [0.3, 0.4) is 0 Å². The highest BCUT2D eigenvalue weighted by molar-refractivity contribution is 14.0. The van der Waals surface area contributed by atoms with Crippen LogP contribution >= 0.6 is 24.0 Å². The van der Waals surface area contributed by atoms with Crippen LogP contribution in [0.15, 0.2) is 29.3 Å². The third-order valence-electron chi connectivity index (χ3n) is 4.05. The number of hydrogen-bond donors (Lipinski definition) is 2. The van der Waals surface area contributed by atoms with Crippen LogP contribution in [0.5, 0.6) is 0 Å². The van der Waals surface area contributed by atoms with Gasteiger partial charge in [-0.15, -0.1) is 24.0 Å². The first-order chi connectivity index (χ1) is 9.22. The van der Waals surface area contributed by atoms with Gasteiger partial charge in [0.25, 0.3) is 0 Å². The molecule has 0 bridgehead atoms. The molecule has 2 aliphatic rings. The molecule has 2 atom stereocenters. The number of hydrogen-bond acceptors (Lipinski definition) is 1. The largest absolute Gasteiger partial charge is 0.370 e. The number of nitrogens with two attached hydrogens (primary N) is 1. The monoisotopic (exact) mass is 389 g/mol. The summed E-state index contributed by atoms with van der Waals surface area (Å²) >= 11 is 0. The van der Waals surface area contributed by atoms with Gasteiger partial charge in [0.15, 0.2) is 5.96 Å². The van der Waals surface area contributed by atoms with Crippen LogP contribution in [0.1, 0.15) is 43.6 Å². The zero-order chi connectivity index (χ0) is 13.2. The quantitative estimate of drug-likeness (QED) is 0.474. The number of rotatable bonds is 3. The Labute approximate surface area is 136 Å². The molecule has 2 aliphatic carbocycles. The van der Waals surface area contributed by atoms with Crippen molar-refractivity contribution in [2.45, 2.75) is 50.1 Å². The first-order valence-corrected chi connectivity index (χ1v) is 7.07. The smallest absolute Gasteiger partial charge is 0.189 e. The van der Waals surface area contributed by atoms with Crippen molar-refractivity contribution in [2.75, 3.05) is 0 Å². The van der Waals surface area contributed by atoms with E-state index in [-0.39, 0.29) is 35.8 Å². The number of aliphatic imine (C=N–C) groups is 1. The van der Waals surface area contributed by atoms with Gasteiger partial charge < -0.3 is 11.1 Å². The third kappa shape index (κ3) is 3.84. The Morgan fingerprint density at radius 2 is 2.05 bits per heavy atom. The van der Waals surface area contributed by atoms with Crippen molar-refractivity contribution < 1.29 is 4.39 Å². The minimum absolute atomic E-state index is 0. The summed E-state index contributed by atoms with van der Waals surface area (Å²) in [5.74, 6) is 0.708. The molecule has 0 radical (unpaired) electrons. The second-order valence-electron chi connectivity index (χ2n) is 5.60. The van der Waals surface area contributed by atoms with Crippen molar-refractivity contribution in [1.29, 1.82) is 0 Å². The second kappa shape index (κ2) is 6.74. The normalized spacial score (nSPS) is 26.1. The summed E-state index contributed by atoms with van der Waals surface area (Å²) in [6.45, 7) is 0. The van der Waals surface area contributed by atoms with Crippen LogP contribution in [0.4, 0.5) is 4.39 Å². The summed E-state index contributed by atoms with van der Waals surface area (Å²) in [5.41, 5.74) is 6.96. The lowest BCUT2D eigenvalue weighted by Crippen LogP contribution is -2.38. The van der Waals surface area contributed by atoms with Gasteiger partial charge in [-0.3, -0.25) is 0 Å². The van der Waals surface area contributed by atoms with Gasteiger partial charge in [0.1, 0.15) is 5.82 Å². The lowest BCUT2D eigenvalue weighted by atomic mass is 10.1. The summed E-state index contributed by atoms with van der Waals surface area (Å²) in [7, 11) is 0. The Morgan fingerprint density at radius 3 is 2.75 bits per heavy atom. The lowest BCUT2D eigenvalue weighted by Gasteiger charge is -2.12. The summed E-state index contributed by atoms with van der Waals surface area (Å²) in [6.07, 6.45) is 5.90. The van der Waals surface area contributed by atoms with Gasteiger partial charge in [0.2, 0.25) is 0 Å². The zero-order valence-corrected chi connectivity index (χ0v) is 13.7. The first-order valence-electron chi connectivity index (χ1n) is 7.07. The van der Waals surface area contributed by atoms with Gasteiger partial charge in [-0.2, -0.15) is 0 Å². The second-order valence-corrected chi connectivity index (χ2v) is 5.60. The molecule has 5 heteroatoms. The van der Waals surface area contributed by atoms with E-state index in [2.05, 4.69) is 10.3 Å². The van der Waals surface area contributed by atoms with Gasteiger partial charge in [0, 0.05) is 12.0 Å². The highest BCUT2D eigenvalue weighted by atomic mass is 127. The minimum atomic E-state index is -0.177. The fraction of sp³-hybridized carbons (Fsp3) is 0.533. The summed E-state index contributed by atoms with van der Waals surface area (Å²) in [5, 5.41) is 3.29. The van der Waals surface area contributed by atoms with Crippen LogP contribution < -0.4 is 11.1 Å². The van der Waals surface area contributed by atoms with Crippen LogP contribution in [0.25, 0.3) is 0 Å². The molecular formula is C15H21FIN3. The summed E-state index contributed by atoms with van der Waals surface area (Å²) in [6, 6.07) is 7.50. The van der Waals surface area contributed by atoms with Crippen LogP contribution in [0, 0.1) is 5.82 Å². The van der Waals surface area contributed by atoms with Crippen LogP contribution in [-0.4, -0.2) is 18.0 Å². The molecule has 0 aliphatic heterocycles. The van der Waals surface area contributed by atoms with Crippen molar-refractivity contribution in [2.24, 2.45) is 10.7 Å². The van der Waals surface area contributed by atoms with Gasteiger partial charge >= 0.3 is 0 Å². The van der Waals surface area contributed by atoms with E-state index in [9.17, 15) is 4.39 Å². The van der Waals surface area contributed by atoms with E-state index in [0.717, 1.165) is 12.0 Å². The van der Waals surface area contributed by atoms with Gasteiger partial charge in [-0.05, 0) is 37.0 Å². The predicted octanol–water partition coefficient (Wildman–Crippen LogP) is 3.15. The Balaban J connectivity index is 0.00000147. The van der Waals surface area contributed by atoms with E-state index in [1.165, 1.54) is 31.7 Å². The molecule has 2 fully saturated rings. The summed E-state index contributed by atoms with van der Waals surface area (Å²) < 4.78 is 13.1. The van der Waals surface area contributed by atoms with E-state index in [1.54, 1.807) is 12.1 Å². The van der Waals surface area contributed by atoms with Crippen molar-refractivity contribution >= 4 is 29.9 Å². The average Bonchev–Trinajstić information content (AvgIpc) is 2.94. The molecule has 0 amide bonds. The van der Waals surface area contributed by atoms with E-state index in [1.807, 2.05) is 6.07 Å². The van der Waals surface area contributed by atoms with Gasteiger partial charge in [0.05, 0.1) is 6.04 Å². The predicted molar refractivity (Wildman–Crippen MR) is 90.0 cm³/mol. The molecule has 3 rings (SSSR count).